The van der Waals surface area contributed by atoms with Gasteiger partial charge in [0.1, 0.15) is 5.83 Å². The van der Waals surface area contributed by atoms with Crippen LogP contribution in [0.4, 0.5) is 4.39 Å². The Morgan fingerprint density at radius 1 is 1.55 bits per heavy atom. The Kier molecular flexibility index (Phi) is 2.21. The molecule has 0 atom stereocenters. The molecule has 0 aromatic rings. The first-order valence-electron chi connectivity index (χ1n) is 3.16. The fourth-order valence-corrected chi connectivity index (χ4v) is 0.745. The van der Waals surface area contributed by atoms with Crippen LogP contribution in [-0.2, 0) is 4.79 Å². The normalized spacial score (nSPS) is 16.8. The van der Waals surface area contributed by atoms with E-state index in [9.17, 15) is 9.18 Å². The highest BCUT2D eigenvalue weighted by atomic mass is 19.1. The van der Waals surface area contributed by atoms with E-state index in [1.54, 1.807) is 0 Å². The fourth-order valence-electron chi connectivity index (χ4n) is 0.745. The van der Waals surface area contributed by atoms with Gasteiger partial charge in [0, 0.05) is 6.42 Å². The molecule has 0 heterocycles. The molecule has 3 heteroatoms. The van der Waals surface area contributed by atoms with Gasteiger partial charge in [-0.2, -0.15) is 0 Å². The Hall–Kier alpha value is -1.38. The van der Waals surface area contributed by atoms with E-state index in [0.29, 0.717) is 0 Å². The number of aliphatic carboxylic acids is 1. The predicted molar refractivity (Wildman–Crippen MR) is 38.7 cm³/mol. The Morgan fingerprint density at radius 3 is 2.91 bits per heavy atom. The van der Waals surface area contributed by atoms with Gasteiger partial charge in [-0.25, -0.2) is 9.18 Å². The maximum atomic E-state index is 12.5. The van der Waals surface area contributed by atoms with E-state index in [4.69, 9.17) is 5.11 Å². The number of hydrogen-bond donors (Lipinski definition) is 1. The molecule has 0 aliphatic heterocycles. The zero-order chi connectivity index (χ0) is 8.27. The summed E-state index contributed by atoms with van der Waals surface area (Å²) in [7, 11) is 0. The van der Waals surface area contributed by atoms with Crippen LogP contribution in [0.2, 0.25) is 0 Å². The molecule has 0 amide bonds. The van der Waals surface area contributed by atoms with Crippen LogP contribution in [0.15, 0.2) is 35.7 Å². The molecule has 0 bridgehead atoms. The number of carbonyl (C=O) groups is 1. The summed E-state index contributed by atoms with van der Waals surface area (Å²) < 4.78 is 12.5. The van der Waals surface area contributed by atoms with Crippen LogP contribution in [0.5, 0.6) is 0 Å². The number of carboxylic acids is 1. The zero-order valence-corrected chi connectivity index (χ0v) is 5.75. The molecular formula is C8H7FO2. The molecule has 2 nitrogen and oxygen atoms in total. The van der Waals surface area contributed by atoms with Gasteiger partial charge in [-0.05, 0) is 12.2 Å². The molecule has 0 fully saturated rings. The number of rotatable bonds is 1. The van der Waals surface area contributed by atoms with Crippen molar-refractivity contribution in [2.75, 3.05) is 0 Å². The van der Waals surface area contributed by atoms with Crippen molar-refractivity contribution >= 4 is 5.97 Å². The largest absolute Gasteiger partial charge is 0.478 e. The molecule has 0 saturated heterocycles. The van der Waals surface area contributed by atoms with Crippen molar-refractivity contribution in [2.24, 2.45) is 0 Å². The average molecular weight is 154 g/mol. The summed E-state index contributed by atoms with van der Waals surface area (Å²) in [6, 6.07) is 0. The molecule has 1 rings (SSSR count). The number of hydrogen-bond acceptors (Lipinski definition) is 1. The molecule has 0 aromatic carbocycles. The molecule has 1 aliphatic rings. The second-order valence-electron chi connectivity index (χ2n) is 2.15. The van der Waals surface area contributed by atoms with Gasteiger partial charge in [0.2, 0.25) is 0 Å². The Balaban J connectivity index is 2.89. The first-order valence-corrected chi connectivity index (χ1v) is 3.16. The molecule has 0 saturated carbocycles. The van der Waals surface area contributed by atoms with E-state index in [0.717, 1.165) is 0 Å². The minimum absolute atomic E-state index is 0.109. The van der Waals surface area contributed by atoms with Gasteiger partial charge in [-0.1, -0.05) is 12.2 Å². The molecule has 0 unspecified atom stereocenters. The van der Waals surface area contributed by atoms with Gasteiger partial charge < -0.3 is 5.11 Å². The average Bonchev–Trinajstić information content (AvgIpc) is 2.13. The van der Waals surface area contributed by atoms with Crippen molar-refractivity contribution in [1.29, 1.82) is 0 Å². The summed E-state index contributed by atoms with van der Waals surface area (Å²) in [5.74, 6) is -1.36. The maximum absolute atomic E-state index is 12.5. The Morgan fingerprint density at radius 2 is 2.27 bits per heavy atom. The molecular weight excluding hydrogens is 147 g/mol. The number of carboxylic acid groups (broad SMARTS) is 1. The predicted octanol–water partition coefficient (Wildman–Crippen LogP) is 1.81. The Bertz CT molecular complexity index is 261. The monoisotopic (exact) mass is 154 g/mol. The first-order chi connectivity index (χ1) is 5.20. The van der Waals surface area contributed by atoms with Crippen LogP contribution in [0.25, 0.3) is 0 Å². The summed E-state index contributed by atoms with van der Waals surface area (Å²) in [6.45, 7) is 0. The molecule has 0 spiro atoms. The van der Waals surface area contributed by atoms with Crippen molar-refractivity contribution < 1.29 is 14.3 Å². The van der Waals surface area contributed by atoms with Gasteiger partial charge in [0.15, 0.2) is 0 Å². The van der Waals surface area contributed by atoms with Crippen molar-refractivity contribution in [2.45, 2.75) is 6.42 Å². The highest BCUT2D eigenvalue weighted by Gasteiger charge is 2.03. The van der Waals surface area contributed by atoms with Crippen molar-refractivity contribution in [1.82, 2.24) is 0 Å². The van der Waals surface area contributed by atoms with E-state index in [1.165, 1.54) is 24.3 Å². The summed E-state index contributed by atoms with van der Waals surface area (Å²) >= 11 is 0. The third kappa shape index (κ3) is 2.04. The van der Waals surface area contributed by atoms with Crippen molar-refractivity contribution in [3.8, 4) is 0 Å². The Labute approximate surface area is 63.3 Å². The quantitative estimate of drug-likeness (QED) is 0.625. The maximum Gasteiger partial charge on any atom is 0.335 e. The molecule has 0 radical (unpaired) electrons. The topological polar surface area (TPSA) is 37.3 Å². The summed E-state index contributed by atoms with van der Waals surface area (Å²) in [5.41, 5.74) is 0.109. The van der Waals surface area contributed by atoms with Crippen LogP contribution in [0.3, 0.4) is 0 Å². The van der Waals surface area contributed by atoms with E-state index >= 15 is 0 Å². The third-order valence-electron chi connectivity index (χ3n) is 1.30. The van der Waals surface area contributed by atoms with Crippen LogP contribution in [0, 0.1) is 0 Å². The van der Waals surface area contributed by atoms with Crippen molar-refractivity contribution in [3.63, 3.8) is 0 Å². The standard InChI is InChI=1S/C8H7FO2/c9-7-3-1-2-6(4-5-7)8(10)11/h1-2,4-5H,3H2,(H,10,11). The molecule has 11 heavy (non-hydrogen) atoms. The summed E-state index contributed by atoms with van der Waals surface area (Å²) in [6.07, 6.45) is 5.47. The smallest absolute Gasteiger partial charge is 0.335 e. The van der Waals surface area contributed by atoms with E-state index < -0.39 is 5.97 Å². The lowest BCUT2D eigenvalue weighted by Crippen LogP contribution is -1.95. The van der Waals surface area contributed by atoms with Gasteiger partial charge in [0.25, 0.3) is 0 Å². The van der Waals surface area contributed by atoms with Crippen molar-refractivity contribution in [3.05, 3.63) is 35.7 Å². The fraction of sp³-hybridized carbons (Fsp3) is 0.125. The number of allylic oxidation sites excluding steroid dienone is 4. The summed E-state index contributed by atoms with van der Waals surface area (Å²) in [4.78, 5) is 10.3. The lowest BCUT2D eigenvalue weighted by molar-refractivity contribution is -0.132. The van der Waals surface area contributed by atoms with E-state index in [-0.39, 0.29) is 17.8 Å². The van der Waals surface area contributed by atoms with Gasteiger partial charge in [0.05, 0.1) is 5.57 Å². The molecule has 1 N–H and O–H groups in total. The number of halogens is 1. The van der Waals surface area contributed by atoms with E-state index in [2.05, 4.69) is 0 Å². The third-order valence-corrected chi connectivity index (χ3v) is 1.30. The van der Waals surface area contributed by atoms with Crippen LogP contribution < -0.4 is 0 Å². The van der Waals surface area contributed by atoms with Crippen LogP contribution in [-0.4, -0.2) is 11.1 Å². The van der Waals surface area contributed by atoms with Gasteiger partial charge >= 0.3 is 5.97 Å². The second kappa shape index (κ2) is 3.14. The minimum atomic E-state index is -1.04. The zero-order valence-electron chi connectivity index (χ0n) is 5.75. The first kappa shape index (κ1) is 7.72. The lowest BCUT2D eigenvalue weighted by atomic mass is 10.2. The minimum Gasteiger partial charge on any atom is -0.478 e. The van der Waals surface area contributed by atoms with Gasteiger partial charge in [-0.15, -0.1) is 0 Å². The lowest BCUT2D eigenvalue weighted by Gasteiger charge is -1.87. The highest BCUT2D eigenvalue weighted by molar-refractivity contribution is 5.90. The second-order valence-corrected chi connectivity index (χ2v) is 2.15. The SMILES string of the molecule is O=C(O)C1=CC=C(F)CC=C1. The van der Waals surface area contributed by atoms with Gasteiger partial charge in [-0.3, -0.25) is 0 Å². The molecule has 58 valence electrons. The highest BCUT2D eigenvalue weighted by Crippen LogP contribution is 2.11. The molecule has 0 aromatic heterocycles. The van der Waals surface area contributed by atoms with Crippen LogP contribution >= 0.6 is 0 Å². The van der Waals surface area contributed by atoms with E-state index in [1.807, 2.05) is 0 Å². The van der Waals surface area contributed by atoms with Crippen LogP contribution in [0.1, 0.15) is 6.42 Å². The molecule has 1 aliphatic carbocycles. The summed E-state index contributed by atoms with van der Waals surface area (Å²) in [5, 5.41) is 8.48.